The number of ether oxygens (including phenoxy) is 2. The van der Waals surface area contributed by atoms with Gasteiger partial charge in [0.25, 0.3) is 0 Å². The number of benzene rings is 8. The molecule has 2 aliphatic heterocycles. The van der Waals surface area contributed by atoms with Gasteiger partial charge in [-0.2, -0.15) is 0 Å². The molecule has 2 aromatic heterocycles. The molecule has 1 spiro atoms. The van der Waals surface area contributed by atoms with Gasteiger partial charge in [0.2, 0.25) is 0 Å². The summed E-state index contributed by atoms with van der Waals surface area (Å²) >= 11 is 0. The number of hydrogen-bond acceptors (Lipinski definition) is 4. The monoisotopic (exact) mass is 680 g/mol. The zero-order valence-electron chi connectivity index (χ0n) is 28.3. The number of hydrogen-bond donors (Lipinski definition) is 0. The fourth-order valence-corrected chi connectivity index (χ4v) is 9.15. The van der Waals surface area contributed by atoms with Crippen LogP contribution in [0.2, 0.25) is 0 Å². The first-order valence-electron chi connectivity index (χ1n) is 17.9. The topological polar surface area (TPSA) is 44.7 Å². The quantitative estimate of drug-likeness (QED) is 0.182. The van der Waals surface area contributed by atoms with Gasteiger partial charge in [-0.3, -0.25) is 0 Å². The van der Waals surface area contributed by atoms with Crippen molar-refractivity contribution in [3.8, 4) is 45.3 Å². The molecule has 0 fully saturated rings. The Labute approximate surface area is 304 Å². The van der Waals surface area contributed by atoms with E-state index < -0.39 is 5.41 Å². The SMILES string of the molecule is c1ccc2c(c1)Oc1cccc(-c3cccc4c3oc3ccccc34)c1C21c2ccccc2Oc2cccc(-c3cccc4c3oc3ccccc34)c21. The summed E-state index contributed by atoms with van der Waals surface area (Å²) in [6, 6.07) is 59.0. The first-order valence-corrected chi connectivity index (χ1v) is 17.9. The minimum Gasteiger partial charge on any atom is -0.457 e. The molecule has 0 bridgehead atoms. The van der Waals surface area contributed by atoms with Crippen LogP contribution in [-0.2, 0) is 5.41 Å². The van der Waals surface area contributed by atoms with Crippen molar-refractivity contribution in [1.82, 2.24) is 0 Å². The van der Waals surface area contributed by atoms with E-state index in [0.717, 1.165) is 111 Å². The van der Waals surface area contributed by atoms with Crippen molar-refractivity contribution in [1.29, 1.82) is 0 Å². The lowest BCUT2D eigenvalue weighted by molar-refractivity contribution is 0.400. The van der Waals surface area contributed by atoms with Crippen molar-refractivity contribution in [3.05, 3.63) is 192 Å². The molecule has 53 heavy (non-hydrogen) atoms. The Morgan fingerprint density at radius 1 is 0.302 bits per heavy atom. The molecule has 0 unspecified atom stereocenters. The normalized spacial score (nSPS) is 13.7. The molecule has 0 amide bonds. The van der Waals surface area contributed by atoms with Gasteiger partial charge < -0.3 is 18.3 Å². The van der Waals surface area contributed by atoms with E-state index in [4.69, 9.17) is 18.3 Å². The second kappa shape index (κ2) is 10.5. The third-order valence-electron chi connectivity index (χ3n) is 11.2. The Morgan fingerprint density at radius 2 is 0.679 bits per heavy atom. The average molecular weight is 681 g/mol. The lowest BCUT2D eigenvalue weighted by atomic mass is 9.59. The van der Waals surface area contributed by atoms with Crippen LogP contribution >= 0.6 is 0 Å². The van der Waals surface area contributed by atoms with Crippen molar-refractivity contribution in [2.75, 3.05) is 0 Å². The molecule has 4 heteroatoms. The highest BCUT2D eigenvalue weighted by Gasteiger charge is 2.53. The summed E-state index contributed by atoms with van der Waals surface area (Å²) in [7, 11) is 0. The van der Waals surface area contributed by atoms with Crippen molar-refractivity contribution in [3.63, 3.8) is 0 Å². The minimum absolute atomic E-state index is 0.786. The van der Waals surface area contributed by atoms with Crippen molar-refractivity contribution >= 4 is 43.9 Å². The van der Waals surface area contributed by atoms with Crippen molar-refractivity contribution in [2.45, 2.75) is 5.41 Å². The van der Waals surface area contributed by atoms with E-state index in [1.807, 2.05) is 36.4 Å². The molecule has 0 saturated carbocycles. The first-order chi connectivity index (χ1) is 26.3. The van der Waals surface area contributed by atoms with Gasteiger partial charge in [-0.05, 0) is 47.5 Å². The largest absolute Gasteiger partial charge is 0.457 e. The van der Waals surface area contributed by atoms with E-state index in [2.05, 4.69) is 133 Å². The second-order valence-electron chi connectivity index (χ2n) is 13.9. The third-order valence-corrected chi connectivity index (χ3v) is 11.2. The number of furan rings is 2. The molecule has 10 aromatic rings. The molecular formula is C49H28O4. The van der Waals surface area contributed by atoms with Crippen LogP contribution in [0.1, 0.15) is 22.3 Å². The Morgan fingerprint density at radius 3 is 1.19 bits per heavy atom. The number of rotatable bonds is 2. The maximum atomic E-state index is 6.93. The maximum Gasteiger partial charge on any atom is 0.143 e. The Hall–Kier alpha value is -7.04. The van der Waals surface area contributed by atoms with Gasteiger partial charge in [0.15, 0.2) is 0 Å². The lowest BCUT2D eigenvalue weighted by Gasteiger charge is -2.46. The van der Waals surface area contributed by atoms with Crippen molar-refractivity contribution in [2.24, 2.45) is 0 Å². The lowest BCUT2D eigenvalue weighted by Crippen LogP contribution is -2.38. The minimum atomic E-state index is -0.871. The Kier molecular flexibility index (Phi) is 5.67. The number of para-hydroxylation sites is 6. The van der Waals surface area contributed by atoms with Crippen LogP contribution in [0.3, 0.4) is 0 Å². The highest BCUT2D eigenvalue weighted by Crippen LogP contribution is 2.65. The fourth-order valence-electron chi connectivity index (χ4n) is 9.15. The summed E-state index contributed by atoms with van der Waals surface area (Å²) in [5.41, 5.74) is 10.7. The maximum absolute atomic E-state index is 6.93. The van der Waals surface area contributed by atoms with E-state index in [9.17, 15) is 0 Å². The molecule has 4 heterocycles. The van der Waals surface area contributed by atoms with Crippen LogP contribution < -0.4 is 9.47 Å². The zero-order chi connectivity index (χ0) is 34.7. The van der Waals surface area contributed by atoms with Gasteiger partial charge >= 0.3 is 0 Å². The van der Waals surface area contributed by atoms with Gasteiger partial charge in [-0.15, -0.1) is 0 Å². The predicted molar refractivity (Wildman–Crippen MR) is 210 cm³/mol. The molecule has 4 nitrogen and oxygen atoms in total. The molecule has 0 saturated heterocycles. The molecule has 248 valence electrons. The van der Waals surface area contributed by atoms with Crippen LogP contribution in [0, 0.1) is 0 Å². The molecular weight excluding hydrogens is 653 g/mol. The Balaban J connectivity index is 1.26. The highest BCUT2D eigenvalue weighted by atomic mass is 16.5. The number of fused-ring (bicyclic) bond motifs is 14. The van der Waals surface area contributed by atoms with Gasteiger partial charge in [0.05, 0.1) is 5.41 Å². The second-order valence-corrected chi connectivity index (χ2v) is 13.9. The summed E-state index contributed by atoms with van der Waals surface area (Å²) in [5, 5.41) is 4.33. The first kappa shape index (κ1) is 28.6. The summed E-state index contributed by atoms with van der Waals surface area (Å²) in [5.74, 6) is 3.18. The van der Waals surface area contributed by atoms with E-state index in [1.54, 1.807) is 0 Å². The van der Waals surface area contributed by atoms with E-state index in [-0.39, 0.29) is 0 Å². The zero-order valence-corrected chi connectivity index (χ0v) is 28.3. The van der Waals surface area contributed by atoms with E-state index in [1.165, 1.54) is 0 Å². The van der Waals surface area contributed by atoms with Gasteiger partial charge in [-0.25, -0.2) is 0 Å². The van der Waals surface area contributed by atoms with Crippen LogP contribution in [0.4, 0.5) is 0 Å². The van der Waals surface area contributed by atoms with E-state index >= 15 is 0 Å². The predicted octanol–water partition coefficient (Wildman–Crippen LogP) is 13.4. The fraction of sp³-hybridized carbons (Fsp3) is 0.0204. The van der Waals surface area contributed by atoms with Crippen molar-refractivity contribution < 1.29 is 18.3 Å². The summed E-state index contributed by atoms with van der Waals surface area (Å²) in [6.45, 7) is 0. The summed E-state index contributed by atoms with van der Waals surface area (Å²) < 4.78 is 27.3. The highest BCUT2D eigenvalue weighted by molar-refractivity contribution is 6.11. The standard InChI is InChI=1S/C49H28O4/c1-5-23-39-29(13-1)33-17-9-19-35(47(33)52-39)31-15-11-27-43-45(31)49(37-21-3-7-25-41(37)50-43)38-22-4-8-26-42(38)51-44-28-12-16-32(46(44)49)36-20-10-18-34-30-14-2-6-24-40(30)53-48(34)36/h1-28H. The van der Waals surface area contributed by atoms with Crippen LogP contribution in [0.25, 0.3) is 66.1 Å². The van der Waals surface area contributed by atoms with E-state index in [0.29, 0.717) is 0 Å². The molecule has 8 aromatic carbocycles. The summed E-state index contributed by atoms with van der Waals surface area (Å²) in [4.78, 5) is 0. The molecule has 2 aliphatic rings. The van der Waals surface area contributed by atoms with Crippen LogP contribution in [0.5, 0.6) is 23.0 Å². The van der Waals surface area contributed by atoms with Crippen LogP contribution in [0.15, 0.2) is 179 Å². The summed E-state index contributed by atoms with van der Waals surface area (Å²) in [6.07, 6.45) is 0. The average Bonchev–Trinajstić information content (AvgIpc) is 3.79. The molecule has 12 rings (SSSR count). The third kappa shape index (κ3) is 3.74. The molecule has 0 N–H and O–H groups in total. The molecule has 0 radical (unpaired) electrons. The smallest absolute Gasteiger partial charge is 0.143 e. The molecule has 0 aliphatic carbocycles. The van der Waals surface area contributed by atoms with Crippen LogP contribution in [-0.4, -0.2) is 0 Å². The Bertz CT molecular complexity index is 2930. The van der Waals surface area contributed by atoms with Gasteiger partial charge in [-0.1, -0.05) is 133 Å². The van der Waals surface area contributed by atoms with Gasteiger partial charge in [0.1, 0.15) is 45.3 Å². The van der Waals surface area contributed by atoms with Gasteiger partial charge in [0, 0.05) is 54.9 Å². The molecule has 0 atom stereocenters.